The molecule has 2 heterocycles. The Kier molecular flexibility index (Phi) is 4.87. The lowest BCUT2D eigenvalue weighted by atomic mass is 10.2. The van der Waals surface area contributed by atoms with Gasteiger partial charge in [0.2, 0.25) is 0 Å². The molecule has 0 aliphatic heterocycles. The third-order valence-corrected chi connectivity index (χ3v) is 2.95. The van der Waals surface area contributed by atoms with Gasteiger partial charge in [-0.3, -0.25) is 4.98 Å². The average molecular weight is 271 g/mol. The highest BCUT2D eigenvalue weighted by molar-refractivity contribution is 5.47. The van der Waals surface area contributed by atoms with Gasteiger partial charge in [0.05, 0.1) is 0 Å². The minimum Gasteiger partial charge on any atom is -0.373 e. The molecule has 2 N–H and O–H groups in total. The molecular formula is C15H21N5. The normalized spacial score (nSPS) is 10.3. The number of hydrogen-bond acceptors (Lipinski definition) is 5. The second-order valence-electron chi connectivity index (χ2n) is 4.72. The van der Waals surface area contributed by atoms with E-state index in [4.69, 9.17) is 0 Å². The number of anilines is 2. The number of rotatable bonds is 6. The molecule has 0 radical (unpaired) electrons. The van der Waals surface area contributed by atoms with Crippen LogP contribution in [0.4, 0.5) is 11.6 Å². The van der Waals surface area contributed by atoms with Gasteiger partial charge in [-0.2, -0.15) is 0 Å². The van der Waals surface area contributed by atoms with Crippen LogP contribution in [0.2, 0.25) is 0 Å². The van der Waals surface area contributed by atoms with E-state index in [1.54, 1.807) is 0 Å². The molecule has 0 fully saturated rings. The summed E-state index contributed by atoms with van der Waals surface area (Å²) in [5.41, 5.74) is 2.16. The summed E-state index contributed by atoms with van der Waals surface area (Å²) < 4.78 is 0. The second kappa shape index (κ2) is 6.84. The Morgan fingerprint density at radius 2 is 1.95 bits per heavy atom. The van der Waals surface area contributed by atoms with E-state index in [9.17, 15) is 0 Å². The van der Waals surface area contributed by atoms with Crippen molar-refractivity contribution in [1.29, 1.82) is 0 Å². The van der Waals surface area contributed by atoms with Gasteiger partial charge >= 0.3 is 0 Å². The predicted octanol–water partition coefficient (Wildman–Crippen LogP) is 2.79. The number of hydrogen-bond donors (Lipinski definition) is 2. The molecule has 0 unspecified atom stereocenters. The van der Waals surface area contributed by atoms with Gasteiger partial charge in [0.25, 0.3) is 0 Å². The van der Waals surface area contributed by atoms with E-state index < -0.39 is 0 Å². The first-order valence-corrected chi connectivity index (χ1v) is 6.92. The van der Waals surface area contributed by atoms with E-state index in [1.165, 1.54) is 0 Å². The van der Waals surface area contributed by atoms with E-state index >= 15 is 0 Å². The number of pyridine rings is 1. The van der Waals surface area contributed by atoms with Gasteiger partial charge in [-0.25, -0.2) is 9.97 Å². The van der Waals surface area contributed by atoms with E-state index in [0.29, 0.717) is 6.54 Å². The summed E-state index contributed by atoms with van der Waals surface area (Å²) in [6.45, 7) is 4.82. The maximum atomic E-state index is 4.52. The highest BCUT2D eigenvalue weighted by Crippen LogP contribution is 2.13. The van der Waals surface area contributed by atoms with Crippen molar-refractivity contribution in [3.63, 3.8) is 0 Å². The molecule has 0 saturated heterocycles. The third-order valence-electron chi connectivity index (χ3n) is 2.95. The lowest BCUT2D eigenvalue weighted by Crippen LogP contribution is -2.07. The van der Waals surface area contributed by atoms with Gasteiger partial charge in [0.1, 0.15) is 17.5 Å². The molecule has 0 bridgehead atoms. The Hall–Kier alpha value is -2.17. The molecule has 106 valence electrons. The lowest BCUT2D eigenvalue weighted by Gasteiger charge is -2.09. The van der Waals surface area contributed by atoms with Crippen LogP contribution < -0.4 is 10.6 Å². The molecule has 0 aliphatic rings. The topological polar surface area (TPSA) is 62.7 Å². The van der Waals surface area contributed by atoms with Crippen molar-refractivity contribution >= 4 is 11.6 Å². The lowest BCUT2D eigenvalue weighted by molar-refractivity contribution is 0.835. The summed E-state index contributed by atoms with van der Waals surface area (Å²) in [6.07, 6.45) is 3.81. The SMILES string of the molecule is CCCc1nc(NC)cc(NCc2ccc(C)nc2)n1. The molecular weight excluding hydrogens is 250 g/mol. The van der Waals surface area contributed by atoms with Crippen molar-refractivity contribution in [2.24, 2.45) is 0 Å². The van der Waals surface area contributed by atoms with Crippen LogP contribution in [-0.2, 0) is 13.0 Å². The van der Waals surface area contributed by atoms with Crippen LogP contribution in [-0.4, -0.2) is 22.0 Å². The molecule has 0 aliphatic carbocycles. The van der Waals surface area contributed by atoms with Crippen LogP contribution >= 0.6 is 0 Å². The quantitative estimate of drug-likeness (QED) is 0.846. The number of aromatic nitrogens is 3. The minimum absolute atomic E-state index is 0.707. The monoisotopic (exact) mass is 271 g/mol. The summed E-state index contributed by atoms with van der Waals surface area (Å²) in [6, 6.07) is 6.00. The van der Waals surface area contributed by atoms with E-state index in [2.05, 4.69) is 38.6 Å². The standard InChI is InChI=1S/C15H21N5/c1-4-5-13-19-14(16-3)8-15(20-13)18-10-12-7-6-11(2)17-9-12/h6-9H,4-5,10H2,1-3H3,(H2,16,18,19,20). The van der Waals surface area contributed by atoms with Crippen molar-refractivity contribution in [2.45, 2.75) is 33.2 Å². The zero-order chi connectivity index (χ0) is 14.4. The van der Waals surface area contributed by atoms with Crippen molar-refractivity contribution in [3.8, 4) is 0 Å². The number of aryl methyl sites for hydroxylation is 2. The maximum Gasteiger partial charge on any atom is 0.133 e. The summed E-state index contributed by atoms with van der Waals surface area (Å²) in [7, 11) is 1.87. The van der Waals surface area contributed by atoms with Gasteiger partial charge in [-0.05, 0) is 25.0 Å². The molecule has 0 amide bonds. The fourth-order valence-electron chi connectivity index (χ4n) is 1.85. The Bertz CT molecular complexity index is 551. The predicted molar refractivity (Wildman–Crippen MR) is 81.9 cm³/mol. The fourth-order valence-corrected chi connectivity index (χ4v) is 1.85. The summed E-state index contributed by atoms with van der Waals surface area (Å²) in [5.74, 6) is 2.55. The average Bonchev–Trinajstić information content (AvgIpc) is 2.47. The molecule has 0 aromatic carbocycles. The van der Waals surface area contributed by atoms with Gasteiger partial charge in [0.15, 0.2) is 0 Å². The van der Waals surface area contributed by atoms with Crippen molar-refractivity contribution < 1.29 is 0 Å². The third kappa shape index (κ3) is 3.91. The maximum absolute atomic E-state index is 4.52. The van der Waals surface area contributed by atoms with Crippen LogP contribution in [0.25, 0.3) is 0 Å². The first kappa shape index (κ1) is 14.2. The van der Waals surface area contributed by atoms with E-state index in [0.717, 1.165) is 41.6 Å². The first-order valence-electron chi connectivity index (χ1n) is 6.92. The fraction of sp³-hybridized carbons (Fsp3) is 0.400. The van der Waals surface area contributed by atoms with Gasteiger partial charge in [-0.15, -0.1) is 0 Å². The molecule has 20 heavy (non-hydrogen) atoms. The Balaban J connectivity index is 2.07. The first-order chi connectivity index (χ1) is 9.71. The molecule has 2 aromatic rings. The molecule has 0 atom stereocenters. The molecule has 0 saturated carbocycles. The van der Waals surface area contributed by atoms with E-state index in [-0.39, 0.29) is 0 Å². The highest BCUT2D eigenvalue weighted by atomic mass is 15.1. The van der Waals surface area contributed by atoms with Gasteiger partial charge in [0, 0.05) is 38.0 Å². The van der Waals surface area contributed by atoms with Crippen molar-refractivity contribution in [2.75, 3.05) is 17.7 Å². The molecule has 5 heteroatoms. The van der Waals surface area contributed by atoms with Gasteiger partial charge < -0.3 is 10.6 Å². The van der Waals surface area contributed by atoms with Crippen LogP contribution in [0.1, 0.15) is 30.4 Å². The van der Waals surface area contributed by atoms with E-state index in [1.807, 2.05) is 32.3 Å². The molecule has 2 rings (SSSR count). The number of nitrogens with zero attached hydrogens (tertiary/aromatic N) is 3. The summed E-state index contributed by atoms with van der Waals surface area (Å²) in [4.78, 5) is 13.2. The molecule has 5 nitrogen and oxygen atoms in total. The Labute approximate surface area is 119 Å². The zero-order valence-corrected chi connectivity index (χ0v) is 12.3. The van der Waals surface area contributed by atoms with Gasteiger partial charge in [-0.1, -0.05) is 13.0 Å². The summed E-state index contributed by atoms with van der Waals surface area (Å²) in [5, 5.41) is 6.39. The molecule has 0 spiro atoms. The highest BCUT2D eigenvalue weighted by Gasteiger charge is 2.03. The zero-order valence-electron chi connectivity index (χ0n) is 12.3. The summed E-state index contributed by atoms with van der Waals surface area (Å²) >= 11 is 0. The van der Waals surface area contributed by atoms with Crippen LogP contribution in [0.5, 0.6) is 0 Å². The second-order valence-corrected chi connectivity index (χ2v) is 4.72. The Morgan fingerprint density at radius 1 is 1.15 bits per heavy atom. The smallest absolute Gasteiger partial charge is 0.133 e. The minimum atomic E-state index is 0.707. The number of nitrogens with one attached hydrogen (secondary N) is 2. The van der Waals surface area contributed by atoms with Crippen LogP contribution in [0.15, 0.2) is 24.4 Å². The Morgan fingerprint density at radius 3 is 2.60 bits per heavy atom. The largest absolute Gasteiger partial charge is 0.373 e. The van der Waals surface area contributed by atoms with Crippen LogP contribution in [0, 0.1) is 6.92 Å². The van der Waals surface area contributed by atoms with Crippen molar-refractivity contribution in [3.05, 3.63) is 41.5 Å². The van der Waals surface area contributed by atoms with Crippen molar-refractivity contribution in [1.82, 2.24) is 15.0 Å². The van der Waals surface area contributed by atoms with Crippen LogP contribution in [0.3, 0.4) is 0 Å². The molecule has 2 aromatic heterocycles.